The number of aryl methyl sites for hydroxylation is 2. The lowest BCUT2D eigenvalue weighted by Crippen LogP contribution is -2.51. The molecule has 0 saturated carbocycles. The zero-order valence-corrected chi connectivity index (χ0v) is 11.1. The van der Waals surface area contributed by atoms with Crippen molar-refractivity contribution in [3.63, 3.8) is 0 Å². The molecule has 1 aromatic rings. The number of hydrogen-bond donors (Lipinski definition) is 2. The molecule has 19 heavy (non-hydrogen) atoms. The van der Waals surface area contributed by atoms with E-state index < -0.39 is 12.0 Å². The number of carbonyl (C=O) groups is 2. The molecule has 1 amide bonds. The summed E-state index contributed by atoms with van der Waals surface area (Å²) >= 11 is 0. The van der Waals surface area contributed by atoms with Crippen LogP contribution in [0.25, 0.3) is 0 Å². The van der Waals surface area contributed by atoms with E-state index in [1.165, 1.54) is 4.90 Å². The lowest BCUT2D eigenvalue weighted by Gasteiger charge is -2.33. The molecule has 1 aromatic carbocycles. The highest BCUT2D eigenvalue weighted by molar-refractivity contribution is 5.86. The van der Waals surface area contributed by atoms with Gasteiger partial charge < -0.3 is 15.3 Å². The van der Waals surface area contributed by atoms with Gasteiger partial charge in [0.15, 0.2) is 6.04 Å². The van der Waals surface area contributed by atoms with Gasteiger partial charge in [-0.15, -0.1) is 0 Å². The summed E-state index contributed by atoms with van der Waals surface area (Å²) in [5, 5.41) is 12.4. The maximum atomic E-state index is 11.9. The molecule has 102 valence electrons. The molecule has 1 fully saturated rings. The number of benzene rings is 1. The number of nitrogens with zero attached hydrogens (tertiary/aromatic N) is 1. The third-order valence-electron chi connectivity index (χ3n) is 3.39. The van der Waals surface area contributed by atoms with Gasteiger partial charge in [-0.05, 0) is 25.0 Å². The van der Waals surface area contributed by atoms with E-state index in [9.17, 15) is 14.7 Å². The average Bonchev–Trinajstić information content (AvgIpc) is 2.34. The zero-order chi connectivity index (χ0) is 14.0. The number of amides is 1. The van der Waals surface area contributed by atoms with Crippen molar-refractivity contribution in [3.05, 3.63) is 34.9 Å². The van der Waals surface area contributed by atoms with Crippen LogP contribution in [-0.2, 0) is 9.59 Å². The van der Waals surface area contributed by atoms with E-state index >= 15 is 0 Å². The molecule has 1 heterocycles. The molecule has 0 aliphatic carbocycles. The summed E-state index contributed by atoms with van der Waals surface area (Å²) < 4.78 is 0. The Labute approximate surface area is 112 Å². The summed E-state index contributed by atoms with van der Waals surface area (Å²) in [5.74, 6) is -1.15. The fourth-order valence-electron chi connectivity index (χ4n) is 2.46. The molecule has 1 atom stereocenters. The number of carbonyl (C=O) groups excluding carboxylic acids is 1. The van der Waals surface area contributed by atoms with Gasteiger partial charge in [-0.25, -0.2) is 4.79 Å². The first-order chi connectivity index (χ1) is 9.00. The number of aliphatic carboxylic acids is 1. The van der Waals surface area contributed by atoms with Crippen LogP contribution in [0.3, 0.4) is 0 Å². The number of nitrogens with one attached hydrogen (secondary N) is 1. The first kappa shape index (κ1) is 13.5. The predicted molar refractivity (Wildman–Crippen MR) is 70.9 cm³/mol. The molecule has 0 bridgehead atoms. The largest absolute Gasteiger partial charge is 0.479 e. The molecule has 1 saturated heterocycles. The van der Waals surface area contributed by atoms with Gasteiger partial charge in [-0.1, -0.05) is 23.8 Å². The van der Waals surface area contributed by atoms with Crippen molar-refractivity contribution in [1.82, 2.24) is 10.2 Å². The molecular formula is C14H18N2O3. The summed E-state index contributed by atoms with van der Waals surface area (Å²) in [4.78, 5) is 24.9. The summed E-state index contributed by atoms with van der Waals surface area (Å²) in [7, 11) is 0. The normalized spacial score (nSPS) is 17.4. The minimum Gasteiger partial charge on any atom is -0.479 e. The maximum Gasteiger partial charge on any atom is 0.331 e. The van der Waals surface area contributed by atoms with Crippen LogP contribution < -0.4 is 5.32 Å². The molecule has 1 aliphatic heterocycles. The number of hydrogen-bond acceptors (Lipinski definition) is 3. The maximum absolute atomic E-state index is 11.9. The van der Waals surface area contributed by atoms with Crippen LogP contribution in [0.1, 0.15) is 22.7 Å². The van der Waals surface area contributed by atoms with Gasteiger partial charge in [0.05, 0.1) is 6.54 Å². The van der Waals surface area contributed by atoms with E-state index in [4.69, 9.17) is 0 Å². The van der Waals surface area contributed by atoms with E-state index in [-0.39, 0.29) is 12.5 Å². The first-order valence-corrected chi connectivity index (χ1v) is 6.31. The third-order valence-corrected chi connectivity index (χ3v) is 3.39. The third kappa shape index (κ3) is 2.76. The minimum atomic E-state index is -0.984. The van der Waals surface area contributed by atoms with Crippen LogP contribution in [0.5, 0.6) is 0 Å². The van der Waals surface area contributed by atoms with Gasteiger partial charge in [0, 0.05) is 13.1 Å². The fraction of sp³-hybridized carbons (Fsp3) is 0.429. The topological polar surface area (TPSA) is 69.6 Å². The van der Waals surface area contributed by atoms with E-state index in [2.05, 4.69) is 5.32 Å². The van der Waals surface area contributed by atoms with Crippen molar-refractivity contribution in [3.8, 4) is 0 Å². The molecule has 2 rings (SSSR count). The van der Waals surface area contributed by atoms with Gasteiger partial charge in [-0.3, -0.25) is 4.79 Å². The molecule has 5 heteroatoms. The van der Waals surface area contributed by atoms with Crippen LogP contribution in [-0.4, -0.2) is 41.5 Å². The van der Waals surface area contributed by atoms with Crippen molar-refractivity contribution in [1.29, 1.82) is 0 Å². The van der Waals surface area contributed by atoms with Crippen molar-refractivity contribution < 1.29 is 14.7 Å². The highest BCUT2D eigenvalue weighted by Crippen LogP contribution is 2.25. The first-order valence-electron chi connectivity index (χ1n) is 6.31. The van der Waals surface area contributed by atoms with Crippen LogP contribution in [0, 0.1) is 13.8 Å². The highest BCUT2D eigenvalue weighted by Gasteiger charge is 2.33. The lowest BCUT2D eigenvalue weighted by molar-refractivity contribution is -0.151. The van der Waals surface area contributed by atoms with Crippen LogP contribution in [0.4, 0.5) is 0 Å². The monoisotopic (exact) mass is 262 g/mol. The molecule has 2 N–H and O–H groups in total. The van der Waals surface area contributed by atoms with Crippen molar-refractivity contribution >= 4 is 11.9 Å². The predicted octanol–water partition coefficient (Wildman–Crippen LogP) is 0.861. The SMILES string of the molecule is Cc1ccc(C(C(=O)O)N2CCNCC2=O)c(C)c1. The molecule has 5 nitrogen and oxygen atoms in total. The number of rotatable bonds is 3. The number of carboxylic acids is 1. The number of piperazine rings is 1. The van der Waals surface area contributed by atoms with Crippen molar-refractivity contribution in [2.75, 3.05) is 19.6 Å². The lowest BCUT2D eigenvalue weighted by atomic mass is 9.97. The fourth-order valence-corrected chi connectivity index (χ4v) is 2.46. The van der Waals surface area contributed by atoms with Crippen LogP contribution >= 0.6 is 0 Å². The smallest absolute Gasteiger partial charge is 0.331 e. The van der Waals surface area contributed by atoms with Gasteiger partial charge in [-0.2, -0.15) is 0 Å². The van der Waals surface area contributed by atoms with Crippen molar-refractivity contribution in [2.24, 2.45) is 0 Å². The van der Waals surface area contributed by atoms with E-state index in [1.807, 2.05) is 26.0 Å². The average molecular weight is 262 g/mol. The Balaban J connectivity index is 2.39. The summed E-state index contributed by atoms with van der Waals surface area (Å²) in [5.41, 5.74) is 2.67. The minimum absolute atomic E-state index is 0.168. The summed E-state index contributed by atoms with van der Waals surface area (Å²) in [6, 6.07) is 4.73. The Morgan fingerprint density at radius 2 is 2.16 bits per heavy atom. The Morgan fingerprint density at radius 1 is 1.42 bits per heavy atom. The quantitative estimate of drug-likeness (QED) is 0.847. The molecule has 1 unspecified atom stereocenters. The second-order valence-electron chi connectivity index (χ2n) is 4.86. The summed E-state index contributed by atoms with van der Waals surface area (Å²) in [6.07, 6.45) is 0. The van der Waals surface area contributed by atoms with Crippen LogP contribution in [0.2, 0.25) is 0 Å². The van der Waals surface area contributed by atoms with Crippen LogP contribution in [0.15, 0.2) is 18.2 Å². The van der Waals surface area contributed by atoms with Gasteiger partial charge in [0.25, 0.3) is 0 Å². The Hall–Kier alpha value is -1.88. The second kappa shape index (κ2) is 5.40. The Bertz CT molecular complexity index is 513. The van der Waals surface area contributed by atoms with Gasteiger partial charge in [0.2, 0.25) is 5.91 Å². The second-order valence-corrected chi connectivity index (χ2v) is 4.86. The Morgan fingerprint density at radius 3 is 2.74 bits per heavy atom. The molecule has 1 aliphatic rings. The van der Waals surface area contributed by atoms with Gasteiger partial charge >= 0.3 is 5.97 Å². The van der Waals surface area contributed by atoms with Gasteiger partial charge in [0.1, 0.15) is 0 Å². The standard InChI is InChI=1S/C14H18N2O3/c1-9-3-4-11(10(2)7-9)13(14(18)19)16-6-5-15-8-12(16)17/h3-4,7,13,15H,5-6,8H2,1-2H3,(H,18,19). The van der Waals surface area contributed by atoms with E-state index in [0.717, 1.165) is 11.1 Å². The van der Waals surface area contributed by atoms with E-state index in [0.29, 0.717) is 18.7 Å². The van der Waals surface area contributed by atoms with Crippen molar-refractivity contribution in [2.45, 2.75) is 19.9 Å². The van der Waals surface area contributed by atoms with E-state index in [1.54, 1.807) is 6.07 Å². The molecule has 0 spiro atoms. The highest BCUT2D eigenvalue weighted by atomic mass is 16.4. The summed E-state index contributed by atoms with van der Waals surface area (Å²) in [6.45, 7) is 5.09. The molecule has 0 aromatic heterocycles. The Kier molecular flexibility index (Phi) is 3.85. The zero-order valence-electron chi connectivity index (χ0n) is 11.1. The number of carboxylic acid groups (broad SMARTS) is 1. The molecular weight excluding hydrogens is 244 g/mol. The molecule has 0 radical (unpaired) electrons.